The first-order chi connectivity index (χ1) is 14.1. The van der Waals surface area contributed by atoms with Gasteiger partial charge in [-0.3, -0.25) is 0 Å². The second-order valence-electron chi connectivity index (χ2n) is 8.13. The largest absolute Gasteiger partial charge is 0.418 e. The van der Waals surface area contributed by atoms with Crippen LogP contribution in [0.1, 0.15) is 45.1 Å². The van der Waals surface area contributed by atoms with E-state index in [4.69, 9.17) is 0 Å². The van der Waals surface area contributed by atoms with Crippen molar-refractivity contribution in [2.75, 3.05) is 11.9 Å². The standard InChI is InChI=1S/C21H28F3N3O2S/c1-15(2)30(28,29)26-17-7-5-16(6-8-17)14-25-18-9-10-19(21(22,23)24)20(13-18)27-11-3-4-12-27/h3-4,9-13,15-17,25-26H,5-8,14H2,1-2H3. The van der Waals surface area contributed by atoms with Gasteiger partial charge in [-0.2, -0.15) is 13.2 Å². The Morgan fingerprint density at radius 3 is 2.30 bits per heavy atom. The molecule has 2 N–H and O–H groups in total. The highest BCUT2D eigenvalue weighted by Crippen LogP contribution is 2.35. The Labute approximate surface area is 175 Å². The maximum atomic E-state index is 13.4. The third-order valence-corrected chi connectivity index (χ3v) is 7.48. The van der Waals surface area contributed by atoms with Crippen LogP contribution in [0.2, 0.25) is 0 Å². The molecular weight excluding hydrogens is 415 g/mol. The Morgan fingerprint density at radius 1 is 1.10 bits per heavy atom. The summed E-state index contributed by atoms with van der Waals surface area (Å²) in [6.45, 7) is 3.95. The first-order valence-electron chi connectivity index (χ1n) is 10.2. The molecule has 0 bridgehead atoms. The fraction of sp³-hybridized carbons (Fsp3) is 0.524. The van der Waals surface area contributed by atoms with E-state index in [9.17, 15) is 21.6 Å². The van der Waals surface area contributed by atoms with Gasteiger partial charge in [-0.15, -0.1) is 0 Å². The van der Waals surface area contributed by atoms with Crippen LogP contribution < -0.4 is 10.0 Å². The van der Waals surface area contributed by atoms with E-state index in [2.05, 4.69) is 10.0 Å². The van der Waals surface area contributed by atoms with Crippen molar-refractivity contribution >= 4 is 15.7 Å². The normalized spacial score (nSPS) is 20.5. The Hall–Kier alpha value is -2.00. The number of rotatable bonds is 7. The minimum Gasteiger partial charge on any atom is -0.385 e. The molecule has 1 heterocycles. The molecule has 1 aromatic carbocycles. The lowest BCUT2D eigenvalue weighted by Gasteiger charge is -2.30. The van der Waals surface area contributed by atoms with Gasteiger partial charge >= 0.3 is 6.18 Å². The first-order valence-corrected chi connectivity index (χ1v) is 11.7. The van der Waals surface area contributed by atoms with E-state index >= 15 is 0 Å². The summed E-state index contributed by atoms with van der Waals surface area (Å²) in [6, 6.07) is 7.41. The summed E-state index contributed by atoms with van der Waals surface area (Å²) < 4.78 is 68.4. The predicted octanol–water partition coefficient (Wildman–Crippen LogP) is 4.79. The third kappa shape index (κ3) is 5.57. The van der Waals surface area contributed by atoms with E-state index in [1.165, 1.54) is 16.7 Å². The highest BCUT2D eigenvalue weighted by Gasteiger charge is 2.34. The maximum absolute atomic E-state index is 13.4. The lowest BCUT2D eigenvalue weighted by Crippen LogP contribution is -2.41. The Bertz CT molecular complexity index is 933. The van der Waals surface area contributed by atoms with Crippen LogP contribution in [-0.2, 0) is 16.2 Å². The molecule has 0 unspecified atom stereocenters. The molecule has 5 nitrogen and oxygen atoms in total. The number of hydrogen-bond donors (Lipinski definition) is 2. The van der Waals surface area contributed by atoms with Crippen LogP contribution in [0.25, 0.3) is 5.69 Å². The molecule has 0 spiro atoms. The fourth-order valence-electron chi connectivity index (χ4n) is 3.71. The Kier molecular flexibility index (Phi) is 6.81. The van der Waals surface area contributed by atoms with Crippen LogP contribution >= 0.6 is 0 Å². The van der Waals surface area contributed by atoms with Crippen LogP contribution in [0.15, 0.2) is 42.7 Å². The van der Waals surface area contributed by atoms with Gasteiger partial charge in [0.05, 0.1) is 16.5 Å². The molecule has 0 amide bonds. The van der Waals surface area contributed by atoms with Crippen molar-refractivity contribution in [2.45, 2.75) is 57.0 Å². The number of nitrogens with zero attached hydrogens (tertiary/aromatic N) is 1. The van der Waals surface area contributed by atoms with Crippen molar-refractivity contribution in [3.05, 3.63) is 48.3 Å². The molecule has 1 aromatic heterocycles. The quantitative estimate of drug-likeness (QED) is 0.647. The van der Waals surface area contributed by atoms with Crippen molar-refractivity contribution in [1.82, 2.24) is 9.29 Å². The molecule has 0 atom stereocenters. The van der Waals surface area contributed by atoms with Gasteiger partial charge in [-0.25, -0.2) is 13.1 Å². The molecule has 30 heavy (non-hydrogen) atoms. The van der Waals surface area contributed by atoms with Gasteiger partial charge in [-0.1, -0.05) is 0 Å². The number of halogens is 3. The van der Waals surface area contributed by atoms with Gasteiger partial charge in [0.25, 0.3) is 0 Å². The maximum Gasteiger partial charge on any atom is 0.418 e. The lowest BCUT2D eigenvalue weighted by atomic mass is 9.86. The third-order valence-electron chi connectivity index (χ3n) is 5.58. The summed E-state index contributed by atoms with van der Waals surface area (Å²) in [6.07, 6.45) is 2.01. The van der Waals surface area contributed by atoms with E-state index in [1.807, 2.05) is 0 Å². The minimum atomic E-state index is -4.43. The molecule has 9 heteroatoms. The van der Waals surface area contributed by atoms with E-state index in [1.54, 1.807) is 38.4 Å². The second kappa shape index (κ2) is 9.01. The Morgan fingerprint density at radius 2 is 1.73 bits per heavy atom. The molecule has 3 rings (SSSR count). The summed E-state index contributed by atoms with van der Waals surface area (Å²) in [5.41, 5.74) is 0.0424. The van der Waals surface area contributed by atoms with Gasteiger partial charge in [0.2, 0.25) is 10.0 Å². The molecule has 0 radical (unpaired) electrons. The van der Waals surface area contributed by atoms with Gasteiger partial charge < -0.3 is 9.88 Å². The van der Waals surface area contributed by atoms with E-state index in [0.717, 1.165) is 31.7 Å². The number of anilines is 1. The van der Waals surface area contributed by atoms with Crippen LogP contribution in [0.5, 0.6) is 0 Å². The van der Waals surface area contributed by atoms with Crippen molar-refractivity contribution < 1.29 is 21.6 Å². The molecule has 1 aliphatic carbocycles. The monoisotopic (exact) mass is 443 g/mol. The SMILES string of the molecule is CC(C)S(=O)(=O)NC1CCC(CNc2ccc(C(F)(F)F)c(-n3cccc3)c2)CC1. The molecule has 0 aliphatic heterocycles. The molecule has 0 saturated heterocycles. The molecule has 1 saturated carbocycles. The zero-order valence-electron chi connectivity index (χ0n) is 17.1. The average Bonchev–Trinajstić information content (AvgIpc) is 3.21. The topological polar surface area (TPSA) is 63.1 Å². The van der Waals surface area contributed by atoms with Crippen molar-refractivity contribution in [3.63, 3.8) is 0 Å². The summed E-state index contributed by atoms with van der Waals surface area (Å²) >= 11 is 0. The summed E-state index contributed by atoms with van der Waals surface area (Å²) in [5, 5.41) is 2.80. The Balaban J connectivity index is 1.60. The van der Waals surface area contributed by atoms with Gasteiger partial charge in [0.15, 0.2) is 0 Å². The molecular formula is C21H28F3N3O2S. The van der Waals surface area contributed by atoms with Crippen LogP contribution in [0, 0.1) is 5.92 Å². The number of sulfonamides is 1. The highest BCUT2D eigenvalue weighted by molar-refractivity contribution is 7.90. The second-order valence-corrected chi connectivity index (χ2v) is 10.4. The number of alkyl halides is 3. The predicted molar refractivity (Wildman–Crippen MR) is 112 cm³/mol. The number of nitrogens with one attached hydrogen (secondary N) is 2. The van der Waals surface area contributed by atoms with E-state index in [0.29, 0.717) is 18.2 Å². The summed E-state index contributed by atoms with van der Waals surface area (Å²) in [7, 11) is -3.27. The summed E-state index contributed by atoms with van der Waals surface area (Å²) in [5.74, 6) is 0.349. The summed E-state index contributed by atoms with van der Waals surface area (Å²) in [4.78, 5) is 0. The van der Waals surface area contributed by atoms with Gasteiger partial charge in [-0.05, 0) is 75.8 Å². The van der Waals surface area contributed by atoms with Gasteiger partial charge in [0, 0.05) is 30.7 Å². The van der Waals surface area contributed by atoms with E-state index in [-0.39, 0.29) is 11.7 Å². The molecule has 2 aromatic rings. The molecule has 1 fully saturated rings. The fourth-order valence-corrected chi connectivity index (χ4v) is 4.68. The van der Waals surface area contributed by atoms with Crippen molar-refractivity contribution in [1.29, 1.82) is 0 Å². The van der Waals surface area contributed by atoms with Crippen molar-refractivity contribution in [3.8, 4) is 5.69 Å². The minimum absolute atomic E-state index is 0.0416. The zero-order valence-corrected chi connectivity index (χ0v) is 17.9. The number of aromatic nitrogens is 1. The number of hydrogen-bond acceptors (Lipinski definition) is 3. The molecule has 1 aliphatic rings. The lowest BCUT2D eigenvalue weighted by molar-refractivity contribution is -0.137. The highest BCUT2D eigenvalue weighted by atomic mass is 32.2. The van der Waals surface area contributed by atoms with Crippen LogP contribution in [0.3, 0.4) is 0 Å². The van der Waals surface area contributed by atoms with E-state index < -0.39 is 27.0 Å². The number of benzene rings is 1. The van der Waals surface area contributed by atoms with Crippen molar-refractivity contribution in [2.24, 2.45) is 5.92 Å². The van der Waals surface area contributed by atoms with Gasteiger partial charge in [0.1, 0.15) is 0 Å². The molecule has 166 valence electrons. The smallest absolute Gasteiger partial charge is 0.385 e. The average molecular weight is 444 g/mol. The van der Waals surface area contributed by atoms with Crippen LogP contribution in [0.4, 0.5) is 18.9 Å². The zero-order chi connectivity index (χ0) is 21.9. The first kappa shape index (κ1) is 22.7. The van der Waals surface area contributed by atoms with Crippen LogP contribution in [-0.4, -0.2) is 30.8 Å².